The largest absolute Gasteiger partial charge is 0.454 e. The van der Waals surface area contributed by atoms with Gasteiger partial charge in [-0.1, -0.05) is 6.07 Å². The average molecular weight is 491 g/mol. The molecule has 186 valence electrons. The van der Waals surface area contributed by atoms with Crippen LogP contribution in [0.2, 0.25) is 0 Å². The number of halogens is 3. The third kappa shape index (κ3) is 4.46. The molecule has 2 aromatic carbocycles. The summed E-state index contributed by atoms with van der Waals surface area (Å²) in [6, 6.07) is 8.27. The van der Waals surface area contributed by atoms with Crippen LogP contribution in [-0.4, -0.2) is 42.2 Å². The number of alkyl halides is 3. The first-order valence-corrected chi connectivity index (χ1v) is 11.5. The van der Waals surface area contributed by atoms with E-state index in [1.807, 2.05) is 23.1 Å². The number of likely N-dealkylation sites (tertiary alicyclic amines) is 1. The molecule has 0 bridgehead atoms. The first-order valence-electron chi connectivity index (χ1n) is 11.5. The van der Waals surface area contributed by atoms with Crippen molar-refractivity contribution in [1.82, 2.24) is 4.90 Å². The van der Waals surface area contributed by atoms with Gasteiger partial charge in [0.2, 0.25) is 12.7 Å². The molecular weight excluding hydrogens is 467 g/mol. The number of carbonyl (C=O) groups excluding carboxylic acids is 1. The predicted molar refractivity (Wildman–Crippen MR) is 119 cm³/mol. The number of piperidine rings is 1. The molecule has 0 aliphatic carbocycles. The first-order chi connectivity index (χ1) is 16.7. The van der Waals surface area contributed by atoms with Crippen LogP contribution >= 0.6 is 0 Å². The molecule has 0 saturated carbocycles. The second-order valence-corrected chi connectivity index (χ2v) is 9.02. The Morgan fingerprint density at radius 1 is 1.00 bits per heavy atom. The summed E-state index contributed by atoms with van der Waals surface area (Å²) in [5, 5.41) is 11.5. The smallest absolute Gasteiger partial charge is 0.416 e. The monoisotopic (exact) mass is 491 g/mol. The molecule has 1 unspecified atom stereocenters. The van der Waals surface area contributed by atoms with E-state index in [9.17, 15) is 28.1 Å². The van der Waals surface area contributed by atoms with Crippen molar-refractivity contribution in [2.45, 2.75) is 37.9 Å². The van der Waals surface area contributed by atoms with Crippen molar-refractivity contribution in [2.75, 3.05) is 31.3 Å². The minimum Gasteiger partial charge on any atom is -0.454 e. The van der Waals surface area contributed by atoms with E-state index >= 15 is 0 Å². The molecule has 2 saturated heterocycles. The Bertz CT molecular complexity index is 1150. The number of rotatable bonds is 4. The SMILES string of the molecule is O=C(C1CCN(c2ccc(C(F)(F)F)cc2[N+](=O)[O-])CC1)N1CCCC1c1ccc2c(c1)OCO2. The normalized spacial score (nSPS) is 20.4. The number of benzene rings is 2. The molecule has 2 aromatic rings. The van der Waals surface area contributed by atoms with E-state index in [0.29, 0.717) is 50.0 Å². The van der Waals surface area contributed by atoms with Crippen molar-refractivity contribution in [2.24, 2.45) is 5.92 Å². The lowest BCUT2D eigenvalue weighted by atomic mass is 9.93. The summed E-state index contributed by atoms with van der Waals surface area (Å²) < 4.78 is 49.9. The lowest BCUT2D eigenvalue weighted by Crippen LogP contribution is -2.42. The maximum absolute atomic E-state index is 13.4. The maximum Gasteiger partial charge on any atom is 0.416 e. The molecule has 3 aliphatic heterocycles. The zero-order valence-corrected chi connectivity index (χ0v) is 18.8. The topological polar surface area (TPSA) is 85.2 Å². The number of anilines is 1. The molecular formula is C24H24F3N3O5. The zero-order chi connectivity index (χ0) is 24.7. The summed E-state index contributed by atoms with van der Waals surface area (Å²) in [6.45, 7) is 1.54. The molecule has 5 rings (SSSR count). The van der Waals surface area contributed by atoms with Gasteiger partial charge in [-0.15, -0.1) is 0 Å². The predicted octanol–water partition coefficient (Wildman–Crippen LogP) is 4.92. The van der Waals surface area contributed by atoms with Crippen LogP contribution in [0, 0.1) is 16.0 Å². The van der Waals surface area contributed by atoms with Gasteiger partial charge < -0.3 is 19.3 Å². The van der Waals surface area contributed by atoms with Crippen molar-refractivity contribution in [3.63, 3.8) is 0 Å². The highest BCUT2D eigenvalue weighted by Gasteiger charge is 2.38. The van der Waals surface area contributed by atoms with Crippen LogP contribution in [0.15, 0.2) is 36.4 Å². The van der Waals surface area contributed by atoms with Crippen molar-refractivity contribution in [3.8, 4) is 11.5 Å². The summed E-state index contributed by atoms with van der Waals surface area (Å²) in [5.41, 5.74) is -0.486. The summed E-state index contributed by atoms with van der Waals surface area (Å²) in [4.78, 5) is 27.7. The van der Waals surface area contributed by atoms with Crippen molar-refractivity contribution < 1.29 is 32.4 Å². The first kappa shape index (κ1) is 23.3. The van der Waals surface area contributed by atoms with Crippen LogP contribution in [0.1, 0.15) is 42.9 Å². The molecule has 0 radical (unpaired) electrons. The Labute approximate surface area is 199 Å². The third-order valence-electron chi connectivity index (χ3n) is 7.00. The number of hydrogen-bond acceptors (Lipinski definition) is 6. The van der Waals surface area contributed by atoms with Crippen molar-refractivity contribution in [1.29, 1.82) is 0 Å². The van der Waals surface area contributed by atoms with Crippen LogP contribution in [0.3, 0.4) is 0 Å². The molecule has 1 amide bonds. The van der Waals surface area contributed by atoms with Gasteiger partial charge in [-0.05, 0) is 55.5 Å². The highest BCUT2D eigenvalue weighted by atomic mass is 19.4. The number of ether oxygens (including phenoxy) is 2. The summed E-state index contributed by atoms with van der Waals surface area (Å²) in [5.74, 6) is 1.17. The Morgan fingerprint density at radius 2 is 1.74 bits per heavy atom. The van der Waals surface area contributed by atoms with E-state index in [2.05, 4.69) is 0 Å². The van der Waals surface area contributed by atoms with Gasteiger partial charge in [0.25, 0.3) is 5.69 Å². The Hall–Kier alpha value is -3.50. The number of carbonyl (C=O) groups is 1. The second kappa shape index (κ2) is 8.94. The van der Waals surface area contributed by atoms with Gasteiger partial charge >= 0.3 is 6.18 Å². The number of fused-ring (bicyclic) bond motifs is 1. The molecule has 3 aliphatic rings. The fraction of sp³-hybridized carbons (Fsp3) is 0.458. The van der Waals surface area contributed by atoms with E-state index in [4.69, 9.17) is 9.47 Å². The lowest BCUT2D eigenvalue weighted by molar-refractivity contribution is -0.384. The standard InChI is InChI=1S/C24H24F3N3O5/c25-24(26,27)17-4-5-19(20(13-17)30(32)33)28-10-7-15(8-11-28)23(31)29-9-1-2-18(29)16-3-6-21-22(12-16)35-14-34-21/h3-6,12-13,15,18H,1-2,7-11,14H2. The minimum absolute atomic E-state index is 0.0479. The fourth-order valence-electron chi connectivity index (χ4n) is 5.21. The second-order valence-electron chi connectivity index (χ2n) is 9.02. The quantitative estimate of drug-likeness (QED) is 0.446. The molecule has 0 aromatic heterocycles. The van der Waals surface area contributed by atoms with Gasteiger partial charge in [-0.3, -0.25) is 14.9 Å². The number of hydrogen-bond donors (Lipinski definition) is 0. The van der Waals surface area contributed by atoms with Gasteiger partial charge in [0.15, 0.2) is 11.5 Å². The number of nitro groups is 1. The Balaban J connectivity index is 1.27. The molecule has 0 N–H and O–H groups in total. The molecule has 11 heteroatoms. The van der Waals surface area contributed by atoms with Crippen LogP contribution in [0.4, 0.5) is 24.5 Å². The molecule has 2 fully saturated rings. The van der Waals surface area contributed by atoms with Gasteiger partial charge in [-0.2, -0.15) is 13.2 Å². The third-order valence-corrected chi connectivity index (χ3v) is 7.00. The number of nitro benzene ring substituents is 1. The average Bonchev–Trinajstić information content (AvgIpc) is 3.52. The fourth-order valence-corrected chi connectivity index (χ4v) is 5.21. The van der Waals surface area contributed by atoms with Gasteiger partial charge in [0.05, 0.1) is 16.5 Å². The highest BCUT2D eigenvalue weighted by Crippen LogP contribution is 2.41. The van der Waals surface area contributed by atoms with E-state index < -0.39 is 22.4 Å². The zero-order valence-electron chi connectivity index (χ0n) is 18.8. The van der Waals surface area contributed by atoms with E-state index in [1.54, 1.807) is 4.90 Å². The van der Waals surface area contributed by atoms with Gasteiger partial charge in [0.1, 0.15) is 5.69 Å². The molecule has 0 spiro atoms. The lowest BCUT2D eigenvalue weighted by Gasteiger charge is -2.36. The van der Waals surface area contributed by atoms with E-state index in [1.165, 1.54) is 0 Å². The highest BCUT2D eigenvalue weighted by molar-refractivity contribution is 5.80. The molecule has 3 heterocycles. The Morgan fingerprint density at radius 3 is 2.46 bits per heavy atom. The van der Waals surface area contributed by atoms with Crippen LogP contribution in [0.25, 0.3) is 0 Å². The van der Waals surface area contributed by atoms with Crippen LogP contribution in [0.5, 0.6) is 11.5 Å². The number of amides is 1. The van der Waals surface area contributed by atoms with Crippen molar-refractivity contribution in [3.05, 3.63) is 57.6 Å². The minimum atomic E-state index is -4.66. The number of nitrogens with zero attached hydrogens (tertiary/aromatic N) is 3. The van der Waals surface area contributed by atoms with E-state index in [-0.39, 0.29) is 30.3 Å². The summed E-state index contributed by atoms with van der Waals surface area (Å²) >= 11 is 0. The molecule has 8 nitrogen and oxygen atoms in total. The van der Waals surface area contributed by atoms with Gasteiger partial charge in [-0.25, -0.2) is 0 Å². The van der Waals surface area contributed by atoms with Crippen LogP contribution in [-0.2, 0) is 11.0 Å². The van der Waals surface area contributed by atoms with Gasteiger partial charge in [0, 0.05) is 31.6 Å². The summed E-state index contributed by atoms with van der Waals surface area (Å²) in [7, 11) is 0. The molecule has 1 atom stereocenters. The summed E-state index contributed by atoms with van der Waals surface area (Å²) in [6.07, 6.45) is -1.97. The van der Waals surface area contributed by atoms with Crippen molar-refractivity contribution >= 4 is 17.3 Å². The maximum atomic E-state index is 13.4. The molecule has 35 heavy (non-hydrogen) atoms. The Kier molecular flexibility index (Phi) is 5.94. The van der Waals surface area contributed by atoms with Crippen LogP contribution < -0.4 is 14.4 Å². The van der Waals surface area contributed by atoms with E-state index in [0.717, 1.165) is 30.5 Å².